The highest BCUT2D eigenvalue weighted by Gasteiger charge is 2.26. The van der Waals surface area contributed by atoms with Gasteiger partial charge in [0.15, 0.2) is 11.5 Å². The lowest BCUT2D eigenvalue weighted by Gasteiger charge is -2.22. The van der Waals surface area contributed by atoms with Crippen molar-refractivity contribution in [3.63, 3.8) is 0 Å². The fraction of sp³-hybridized carbons (Fsp3) is 0.208. The summed E-state index contributed by atoms with van der Waals surface area (Å²) >= 11 is 0. The maximum atomic E-state index is 5.56. The predicted molar refractivity (Wildman–Crippen MR) is 116 cm³/mol. The number of pyridine rings is 2. The van der Waals surface area contributed by atoms with Gasteiger partial charge >= 0.3 is 0 Å². The van der Waals surface area contributed by atoms with Crippen LogP contribution in [0.1, 0.15) is 11.4 Å². The molecule has 0 radical (unpaired) electrons. The van der Waals surface area contributed by atoms with Crippen LogP contribution in [0, 0.1) is 6.92 Å². The van der Waals surface area contributed by atoms with E-state index in [1.165, 1.54) is 5.56 Å². The van der Waals surface area contributed by atoms with Crippen LogP contribution in [0.5, 0.6) is 11.5 Å². The van der Waals surface area contributed by atoms with Crippen LogP contribution in [0.15, 0.2) is 55.0 Å². The van der Waals surface area contributed by atoms with Crippen molar-refractivity contribution in [1.82, 2.24) is 19.5 Å². The molecule has 0 unspecified atom stereocenters. The molecule has 1 aliphatic heterocycles. The highest BCUT2D eigenvalue weighted by molar-refractivity contribution is 5.83. The van der Waals surface area contributed by atoms with E-state index in [0.29, 0.717) is 0 Å². The Balaban J connectivity index is 1.63. The van der Waals surface area contributed by atoms with Crippen LogP contribution in [0.25, 0.3) is 33.8 Å². The highest BCUT2D eigenvalue weighted by Crippen LogP contribution is 2.42. The molecule has 0 amide bonds. The average Bonchev–Trinajstić information content (AvgIpc) is 3.15. The molecule has 6 heteroatoms. The molecule has 1 aromatic carbocycles. The Kier molecular flexibility index (Phi) is 4.47. The first-order valence-corrected chi connectivity index (χ1v) is 9.89. The monoisotopic (exact) mass is 398 g/mol. The number of benzene rings is 1. The molecule has 0 saturated carbocycles. The molecule has 3 aromatic heterocycles. The molecule has 0 spiro atoms. The fourth-order valence-electron chi connectivity index (χ4n) is 4.11. The number of hydrogen-bond donors (Lipinski definition) is 0. The summed E-state index contributed by atoms with van der Waals surface area (Å²) in [6.45, 7) is 2.94. The zero-order valence-electron chi connectivity index (χ0n) is 17.2. The molecule has 0 atom stereocenters. The number of methoxy groups -OCH3 is 2. The maximum Gasteiger partial charge on any atom is 0.161 e. The zero-order valence-corrected chi connectivity index (χ0v) is 17.2. The van der Waals surface area contributed by atoms with Crippen LogP contribution in [-0.2, 0) is 13.0 Å². The normalized spacial score (nSPS) is 12.2. The number of nitrogens with zero attached hydrogens (tertiary/aromatic N) is 4. The summed E-state index contributed by atoms with van der Waals surface area (Å²) in [4.78, 5) is 13.7. The number of aromatic nitrogens is 4. The van der Waals surface area contributed by atoms with Crippen molar-refractivity contribution in [2.24, 2.45) is 0 Å². The van der Waals surface area contributed by atoms with E-state index < -0.39 is 0 Å². The lowest BCUT2D eigenvalue weighted by atomic mass is 9.94. The second kappa shape index (κ2) is 7.30. The molecule has 30 heavy (non-hydrogen) atoms. The molecule has 4 aromatic rings. The minimum absolute atomic E-state index is 0.722. The van der Waals surface area contributed by atoms with Crippen LogP contribution in [-0.4, -0.2) is 33.7 Å². The second-order valence-corrected chi connectivity index (χ2v) is 7.30. The topological polar surface area (TPSA) is 62.1 Å². The van der Waals surface area contributed by atoms with Crippen LogP contribution in [0.4, 0.5) is 0 Å². The van der Waals surface area contributed by atoms with Crippen molar-refractivity contribution in [2.45, 2.75) is 19.9 Å². The van der Waals surface area contributed by atoms with Gasteiger partial charge in [0.05, 0.1) is 31.3 Å². The molecule has 4 heterocycles. The summed E-state index contributed by atoms with van der Waals surface area (Å²) in [6, 6.07) is 12.2. The Bertz CT molecular complexity index is 1210. The quantitative estimate of drug-likeness (QED) is 0.504. The third-order valence-corrected chi connectivity index (χ3v) is 5.62. The summed E-state index contributed by atoms with van der Waals surface area (Å²) in [5, 5.41) is 0. The Labute approximate surface area is 175 Å². The molecular formula is C24H22N4O2. The molecule has 6 nitrogen and oxygen atoms in total. The average molecular weight is 398 g/mol. The van der Waals surface area contributed by atoms with Gasteiger partial charge in [-0.25, -0.2) is 4.98 Å². The predicted octanol–water partition coefficient (Wildman–Crippen LogP) is 4.56. The van der Waals surface area contributed by atoms with Crippen LogP contribution in [0.3, 0.4) is 0 Å². The van der Waals surface area contributed by atoms with E-state index in [4.69, 9.17) is 14.5 Å². The minimum Gasteiger partial charge on any atom is -0.493 e. The Morgan fingerprint density at radius 1 is 0.967 bits per heavy atom. The standard InChI is InChI=1S/C24H22N4O2/c1-15-27-23(18-6-7-20(26-14-18)17-5-4-9-25-13-17)24-19-12-22(30-3)21(29-2)11-16(19)8-10-28(15)24/h4-7,9,11-14H,8,10H2,1-3H3. The van der Waals surface area contributed by atoms with E-state index >= 15 is 0 Å². The number of rotatable bonds is 4. The van der Waals surface area contributed by atoms with E-state index in [1.54, 1.807) is 20.4 Å². The Morgan fingerprint density at radius 2 is 1.80 bits per heavy atom. The van der Waals surface area contributed by atoms with Crippen molar-refractivity contribution >= 4 is 0 Å². The molecule has 0 N–H and O–H groups in total. The summed E-state index contributed by atoms with van der Waals surface area (Å²) in [5.74, 6) is 2.47. The van der Waals surface area contributed by atoms with E-state index in [-0.39, 0.29) is 0 Å². The SMILES string of the molecule is COc1cc2c(cc1OC)-c1c(-c3ccc(-c4cccnc4)nc3)nc(C)n1CC2. The molecule has 1 aliphatic rings. The van der Waals surface area contributed by atoms with E-state index in [2.05, 4.69) is 39.7 Å². The van der Waals surface area contributed by atoms with Crippen LogP contribution in [0.2, 0.25) is 0 Å². The third-order valence-electron chi connectivity index (χ3n) is 5.62. The third kappa shape index (κ3) is 2.92. The van der Waals surface area contributed by atoms with Crippen molar-refractivity contribution < 1.29 is 9.47 Å². The van der Waals surface area contributed by atoms with Crippen molar-refractivity contribution in [1.29, 1.82) is 0 Å². The molecular weight excluding hydrogens is 376 g/mol. The lowest BCUT2D eigenvalue weighted by Crippen LogP contribution is -2.12. The van der Waals surface area contributed by atoms with E-state index in [1.807, 2.05) is 30.6 Å². The zero-order chi connectivity index (χ0) is 20.7. The number of fused-ring (bicyclic) bond motifs is 3. The molecule has 0 aliphatic carbocycles. The van der Waals surface area contributed by atoms with E-state index in [0.717, 1.165) is 64.1 Å². The highest BCUT2D eigenvalue weighted by atomic mass is 16.5. The van der Waals surface area contributed by atoms with Gasteiger partial charge in [0.2, 0.25) is 0 Å². The van der Waals surface area contributed by atoms with Crippen LogP contribution >= 0.6 is 0 Å². The molecule has 150 valence electrons. The molecule has 0 fully saturated rings. The lowest BCUT2D eigenvalue weighted by molar-refractivity contribution is 0.354. The first kappa shape index (κ1) is 18.4. The van der Waals surface area contributed by atoms with Gasteiger partial charge in [-0.05, 0) is 55.3 Å². The number of hydrogen-bond acceptors (Lipinski definition) is 5. The first-order chi connectivity index (χ1) is 14.7. The summed E-state index contributed by atoms with van der Waals surface area (Å²) < 4.78 is 13.3. The van der Waals surface area contributed by atoms with Gasteiger partial charge in [0, 0.05) is 41.8 Å². The number of aryl methyl sites for hydroxylation is 2. The fourth-order valence-corrected chi connectivity index (χ4v) is 4.11. The van der Waals surface area contributed by atoms with Crippen molar-refractivity contribution in [3.05, 3.63) is 66.4 Å². The molecule has 0 bridgehead atoms. The van der Waals surface area contributed by atoms with Gasteiger partial charge < -0.3 is 14.0 Å². The van der Waals surface area contributed by atoms with Gasteiger partial charge in [-0.15, -0.1) is 0 Å². The van der Waals surface area contributed by atoms with Gasteiger partial charge in [-0.2, -0.15) is 0 Å². The van der Waals surface area contributed by atoms with Crippen molar-refractivity contribution in [2.75, 3.05) is 14.2 Å². The van der Waals surface area contributed by atoms with Gasteiger partial charge in [-0.1, -0.05) is 0 Å². The smallest absolute Gasteiger partial charge is 0.161 e. The Morgan fingerprint density at radius 3 is 2.50 bits per heavy atom. The van der Waals surface area contributed by atoms with Gasteiger partial charge in [0.1, 0.15) is 5.82 Å². The summed E-state index contributed by atoms with van der Waals surface area (Å²) in [5.41, 5.74) is 7.28. The van der Waals surface area contributed by atoms with Gasteiger partial charge in [0.25, 0.3) is 0 Å². The summed E-state index contributed by atoms with van der Waals surface area (Å²) in [7, 11) is 3.33. The minimum atomic E-state index is 0.722. The first-order valence-electron chi connectivity index (χ1n) is 9.89. The number of imidazole rings is 1. The largest absolute Gasteiger partial charge is 0.493 e. The van der Waals surface area contributed by atoms with E-state index in [9.17, 15) is 0 Å². The maximum absolute atomic E-state index is 5.56. The van der Waals surface area contributed by atoms with Crippen LogP contribution < -0.4 is 9.47 Å². The number of ether oxygens (including phenoxy) is 2. The molecule has 0 saturated heterocycles. The second-order valence-electron chi connectivity index (χ2n) is 7.30. The van der Waals surface area contributed by atoms with Crippen molar-refractivity contribution in [3.8, 4) is 45.3 Å². The van der Waals surface area contributed by atoms with Gasteiger partial charge in [-0.3, -0.25) is 9.97 Å². The Hall–Kier alpha value is -3.67. The molecule has 5 rings (SSSR count). The summed E-state index contributed by atoms with van der Waals surface area (Å²) in [6.07, 6.45) is 6.40.